The number of benzene rings is 1. The molecule has 1 unspecified atom stereocenters. The third-order valence-electron chi connectivity index (χ3n) is 3.92. The predicted octanol–water partition coefficient (Wildman–Crippen LogP) is 2.11. The monoisotopic (exact) mass is 373 g/mol. The van der Waals surface area contributed by atoms with Gasteiger partial charge in [0.2, 0.25) is 0 Å². The Hall–Kier alpha value is -2.78. The van der Waals surface area contributed by atoms with Gasteiger partial charge in [-0.15, -0.1) is 0 Å². The fourth-order valence-electron chi connectivity index (χ4n) is 2.67. The highest BCUT2D eigenvalue weighted by molar-refractivity contribution is 5.90. The zero-order valence-corrected chi connectivity index (χ0v) is 13.9. The number of nitrogens with zero attached hydrogens (tertiary/aromatic N) is 1. The molecule has 1 aromatic rings. The molecule has 0 aromatic heterocycles. The highest BCUT2D eigenvalue weighted by Gasteiger charge is 2.38. The summed E-state index contributed by atoms with van der Waals surface area (Å²) in [5.41, 5.74) is 1.43. The molecule has 0 bridgehead atoms. The van der Waals surface area contributed by atoms with Gasteiger partial charge in [-0.3, -0.25) is 9.59 Å². The third kappa shape index (κ3) is 5.11. The fourth-order valence-corrected chi connectivity index (χ4v) is 2.67. The summed E-state index contributed by atoms with van der Waals surface area (Å²) < 4.78 is 36.7. The topological polar surface area (TPSA) is 98.7 Å². The number of amides is 3. The molecule has 0 radical (unpaired) electrons. The van der Waals surface area contributed by atoms with E-state index in [1.54, 1.807) is 24.4 Å². The Morgan fingerprint density at radius 2 is 1.96 bits per heavy atom. The zero-order chi connectivity index (χ0) is 19.5. The summed E-state index contributed by atoms with van der Waals surface area (Å²) in [5.74, 6) is -3.61. The van der Waals surface area contributed by atoms with Crippen molar-refractivity contribution in [2.45, 2.75) is 26.1 Å². The number of carboxylic acid groups (broad SMARTS) is 1. The van der Waals surface area contributed by atoms with Crippen LogP contribution in [0.1, 0.15) is 17.5 Å². The third-order valence-corrected chi connectivity index (χ3v) is 3.92. The minimum absolute atomic E-state index is 0.0987. The van der Waals surface area contributed by atoms with Gasteiger partial charge in [-0.25, -0.2) is 4.79 Å². The molecule has 0 spiro atoms. The molecule has 1 aliphatic heterocycles. The summed E-state index contributed by atoms with van der Waals surface area (Å²) in [5, 5.41) is 13.3. The Bertz CT molecular complexity index is 721. The molecule has 0 saturated carbocycles. The van der Waals surface area contributed by atoms with Crippen LogP contribution in [0.15, 0.2) is 18.2 Å². The number of anilines is 1. The van der Waals surface area contributed by atoms with Crippen molar-refractivity contribution >= 4 is 23.6 Å². The van der Waals surface area contributed by atoms with Gasteiger partial charge in [0.05, 0.1) is 5.92 Å². The Morgan fingerprint density at radius 1 is 1.27 bits per heavy atom. The maximum atomic E-state index is 12.2. The number of halogens is 3. The normalized spacial score (nSPS) is 17.1. The first kappa shape index (κ1) is 19.5. The van der Waals surface area contributed by atoms with Gasteiger partial charge in [0, 0.05) is 25.3 Å². The van der Waals surface area contributed by atoms with Crippen LogP contribution in [0.5, 0.6) is 0 Å². The van der Waals surface area contributed by atoms with E-state index in [9.17, 15) is 27.6 Å². The second-order valence-corrected chi connectivity index (χ2v) is 6.09. The molecule has 1 atom stereocenters. The lowest BCUT2D eigenvalue weighted by Crippen LogP contribution is -2.36. The van der Waals surface area contributed by atoms with Crippen LogP contribution in [-0.2, 0) is 16.1 Å². The number of aryl methyl sites for hydroxylation is 1. The summed E-state index contributed by atoms with van der Waals surface area (Å²) in [6.07, 6.45) is -4.59. The van der Waals surface area contributed by atoms with Gasteiger partial charge in [0.1, 0.15) is 0 Å². The highest BCUT2D eigenvalue weighted by Crippen LogP contribution is 2.20. The summed E-state index contributed by atoms with van der Waals surface area (Å²) in [6, 6.07) is 4.18. The fraction of sp³-hybridized carbons (Fsp3) is 0.438. The summed E-state index contributed by atoms with van der Waals surface area (Å²) in [7, 11) is 0. The number of aliphatic carboxylic acids is 1. The Kier molecular flexibility index (Phi) is 5.73. The van der Waals surface area contributed by atoms with Gasteiger partial charge < -0.3 is 20.6 Å². The van der Waals surface area contributed by atoms with Crippen LogP contribution in [0.4, 0.5) is 23.7 Å². The number of alkyl halides is 3. The van der Waals surface area contributed by atoms with Crippen molar-refractivity contribution in [3.63, 3.8) is 0 Å². The molecule has 1 fully saturated rings. The summed E-state index contributed by atoms with van der Waals surface area (Å²) >= 11 is 0. The number of carboxylic acids is 1. The van der Waals surface area contributed by atoms with Crippen molar-refractivity contribution in [1.82, 2.24) is 10.2 Å². The van der Waals surface area contributed by atoms with Crippen LogP contribution in [-0.4, -0.2) is 47.2 Å². The Balaban J connectivity index is 2.00. The van der Waals surface area contributed by atoms with E-state index in [4.69, 9.17) is 5.11 Å². The molecule has 142 valence electrons. The van der Waals surface area contributed by atoms with Gasteiger partial charge in [-0.1, -0.05) is 6.07 Å². The number of nitrogens with one attached hydrogen (secondary N) is 2. The molecule has 3 N–H and O–H groups in total. The van der Waals surface area contributed by atoms with E-state index in [0.29, 0.717) is 29.8 Å². The van der Waals surface area contributed by atoms with Crippen LogP contribution >= 0.6 is 0 Å². The largest absolute Gasteiger partial charge is 0.481 e. The minimum Gasteiger partial charge on any atom is -0.481 e. The van der Waals surface area contributed by atoms with E-state index < -0.39 is 30.0 Å². The summed E-state index contributed by atoms with van der Waals surface area (Å²) in [6.45, 7) is 1.76. The lowest BCUT2D eigenvalue weighted by Gasteiger charge is -2.17. The second-order valence-electron chi connectivity index (χ2n) is 6.09. The summed E-state index contributed by atoms with van der Waals surface area (Å²) in [4.78, 5) is 35.4. The van der Waals surface area contributed by atoms with Crippen molar-refractivity contribution in [3.8, 4) is 0 Å². The smallest absolute Gasteiger partial charge is 0.471 e. The first-order valence-corrected chi connectivity index (χ1v) is 7.80. The maximum Gasteiger partial charge on any atom is 0.471 e. The number of carbonyl (C=O) groups excluding carboxylic acids is 2. The first-order chi connectivity index (χ1) is 12.1. The highest BCUT2D eigenvalue weighted by atomic mass is 19.4. The number of carbonyl (C=O) groups is 3. The number of urea groups is 1. The zero-order valence-electron chi connectivity index (χ0n) is 13.9. The van der Waals surface area contributed by atoms with Gasteiger partial charge in [0.15, 0.2) is 0 Å². The molecule has 1 aliphatic rings. The van der Waals surface area contributed by atoms with Crippen molar-refractivity contribution < 1.29 is 32.7 Å². The van der Waals surface area contributed by atoms with E-state index in [2.05, 4.69) is 5.32 Å². The van der Waals surface area contributed by atoms with Crippen molar-refractivity contribution in [2.75, 3.05) is 18.4 Å². The van der Waals surface area contributed by atoms with Crippen LogP contribution in [0.25, 0.3) is 0 Å². The van der Waals surface area contributed by atoms with Crippen molar-refractivity contribution in [1.29, 1.82) is 0 Å². The molecular formula is C16H18F3N3O4. The van der Waals surface area contributed by atoms with Crippen LogP contribution < -0.4 is 10.6 Å². The van der Waals surface area contributed by atoms with E-state index in [1.807, 2.05) is 0 Å². The standard InChI is InChI=1S/C16H18F3N3O4/c1-9-4-10(7-20-14(25)16(17,18)19)6-12(5-9)21-15(26)22-3-2-11(8-22)13(23)24/h4-6,11H,2-3,7-8H2,1H3,(H,20,25)(H,21,26)(H,23,24). The van der Waals surface area contributed by atoms with Crippen molar-refractivity contribution in [2.24, 2.45) is 5.92 Å². The maximum absolute atomic E-state index is 12.2. The van der Waals surface area contributed by atoms with Gasteiger partial charge in [0.25, 0.3) is 0 Å². The van der Waals surface area contributed by atoms with E-state index in [1.165, 1.54) is 11.0 Å². The number of likely N-dealkylation sites (tertiary alicyclic amines) is 1. The molecular weight excluding hydrogens is 355 g/mol. The lowest BCUT2D eigenvalue weighted by molar-refractivity contribution is -0.173. The number of hydrogen-bond donors (Lipinski definition) is 3. The minimum atomic E-state index is -4.96. The van der Waals surface area contributed by atoms with Crippen LogP contribution in [0.3, 0.4) is 0 Å². The second kappa shape index (κ2) is 7.63. The Labute approximate surface area is 147 Å². The number of rotatable bonds is 4. The molecule has 0 aliphatic carbocycles. The quantitative estimate of drug-likeness (QED) is 0.753. The van der Waals surface area contributed by atoms with Gasteiger partial charge in [-0.05, 0) is 36.6 Å². The number of hydrogen-bond acceptors (Lipinski definition) is 3. The molecule has 1 saturated heterocycles. The predicted molar refractivity (Wildman–Crippen MR) is 85.4 cm³/mol. The Morgan fingerprint density at radius 3 is 2.54 bits per heavy atom. The first-order valence-electron chi connectivity index (χ1n) is 7.80. The molecule has 3 amide bonds. The molecule has 7 nitrogen and oxygen atoms in total. The van der Waals surface area contributed by atoms with Crippen molar-refractivity contribution in [3.05, 3.63) is 29.3 Å². The molecule has 10 heteroatoms. The van der Waals surface area contributed by atoms with E-state index in [-0.39, 0.29) is 13.1 Å². The average Bonchev–Trinajstić information content (AvgIpc) is 3.01. The van der Waals surface area contributed by atoms with Crippen LogP contribution in [0, 0.1) is 12.8 Å². The average molecular weight is 373 g/mol. The SMILES string of the molecule is Cc1cc(CNC(=O)C(F)(F)F)cc(NC(=O)N2CCC(C(=O)O)C2)c1. The molecule has 1 heterocycles. The van der Waals surface area contributed by atoms with Crippen LogP contribution in [0.2, 0.25) is 0 Å². The van der Waals surface area contributed by atoms with E-state index in [0.717, 1.165) is 0 Å². The van der Waals surface area contributed by atoms with Gasteiger partial charge in [-0.2, -0.15) is 13.2 Å². The molecule has 26 heavy (non-hydrogen) atoms. The lowest BCUT2D eigenvalue weighted by atomic mass is 10.1. The van der Waals surface area contributed by atoms with E-state index >= 15 is 0 Å². The molecule has 1 aromatic carbocycles. The van der Waals surface area contributed by atoms with Gasteiger partial charge >= 0.3 is 24.1 Å². The molecule has 2 rings (SSSR count).